The molecule has 1 atom stereocenters. The Morgan fingerprint density at radius 3 is 2.60 bits per heavy atom. The molecule has 25 heavy (non-hydrogen) atoms. The molecule has 0 saturated carbocycles. The maximum Gasteiger partial charge on any atom is 0.416 e. The number of nitrogens with one attached hydrogen (secondary N) is 1. The summed E-state index contributed by atoms with van der Waals surface area (Å²) >= 11 is 0. The molecule has 5 nitrogen and oxygen atoms in total. The van der Waals surface area contributed by atoms with Gasteiger partial charge in [-0.05, 0) is 37.6 Å². The van der Waals surface area contributed by atoms with E-state index in [0.29, 0.717) is 17.9 Å². The van der Waals surface area contributed by atoms with Crippen LogP contribution in [0.5, 0.6) is 0 Å². The number of alkyl halides is 3. The first-order valence-corrected chi connectivity index (χ1v) is 7.61. The quantitative estimate of drug-likeness (QED) is 0.399. The average molecular weight is 355 g/mol. The van der Waals surface area contributed by atoms with Gasteiger partial charge in [0.25, 0.3) is 0 Å². The van der Waals surface area contributed by atoms with E-state index in [9.17, 15) is 13.2 Å². The zero-order chi connectivity index (χ0) is 19.2. The summed E-state index contributed by atoms with van der Waals surface area (Å²) in [5, 5.41) is 2.94. The summed E-state index contributed by atoms with van der Waals surface area (Å²) in [6, 6.07) is 3.01. The normalized spacial score (nSPS) is 13.8. The van der Waals surface area contributed by atoms with Gasteiger partial charge in [-0.1, -0.05) is 12.7 Å². The summed E-state index contributed by atoms with van der Waals surface area (Å²) in [6.07, 6.45) is -1.07. The molecule has 1 aromatic rings. The van der Waals surface area contributed by atoms with Gasteiger partial charge in [-0.15, -0.1) is 0 Å². The fourth-order valence-electron chi connectivity index (χ4n) is 2.02. The molecule has 0 aliphatic carbocycles. The number of aliphatic imine (C=N–C) groups is 1. The van der Waals surface area contributed by atoms with E-state index in [0.717, 1.165) is 17.8 Å². The molecule has 0 heterocycles. The molecule has 0 aliphatic heterocycles. The molecule has 0 aliphatic rings. The summed E-state index contributed by atoms with van der Waals surface area (Å²) in [6.45, 7) is 7.76. The SMILES string of the molecule is C=C(N=CN(C)/C(C)=C/CN)N[C@H](C)c1cc(N)cc(C(F)(F)F)c1. The Morgan fingerprint density at radius 1 is 1.40 bits per heavy atom. The van der Waals surface area contributed by atoms with Crippen molar-refractivity contribution < 1.29 is 13.2 Å². The molecule has 0 unspecified atom stereocenters. The number of nitrogens with zero attached hydrogens (tertiary/aromatic N) is 2. The van der Waals surface area contributed by atoms with Crippen LogP contribution in [0.1, 0.15) is 31.0 Å². The van der Waals surface area contributed by atoms with Crippen LogP contribution in [-0.4, -0.2) is 24.8 Å². The van der Waals surface area contributed by atoms with E-state index in [2.05, 4.69) is 16.9 Å². The lowest BCUT2D eigenvalue weighted by Gasteiger charge is -2.18. The minimum absolute atomic E-state index is 0.0508. The number of benzene rings is 1. The molecule has 0 fully saturated rings. The fraction of sp³-hybridized carbons (Fsp3) is 0.353. The van der Waals surface area contributed by atoms with Crippen LogP contribution < -0.4 is 16.8 Å². The predicted molar refractivity (Wildman–Crippen MR) is 95.6 cm³/mol. The van der Waals surface area contributed by atoms with E-state index >= 15 is 0 Å². The molecule has 138 valence electrons. The Hall–Kier alpha value is -2.48. The second-order valence-electron chi connectivity index (χ2n) is 5.64. The molecule has 0 saturated heterocycles. The third-order valence-electron chi connectivity index (χ3n) is 3.54. The lowest BCUT2D eigenvalue weighted by molar-refractivity contribution is -0.137. The lowest BCUT2D eigenvalue weighted by Crippen LogP contribution is -2.20. The van der Waals surface area contributed by atoms with E-state index in [1.54, 1.807) is 25.2 Å². The number of anilines is 1. The van der Waals surface area contributed by atoms with Gasteiger partial charge in [0.05, 0.1) is 17.9 Å². The van der Waals surface area contributed by atoms with E-state index in [-0.39, 0.29) is 5.69 Å². The lowest BCUT2D eigenvalue weighted by atomic mass is 10.0. The topological polar surface area (TPSA) is 79.7 Å². The van der Waals surface area contributed by atoms with Crippen LogP contribution in [0.4, 0.5) is 18.9 Å². The molecule has 0 spiro atoms. The van der Waals surface area contributed by atoms with Gasteiger partial charge in [-0.3, -0.25) is 0 Å². The van der Waals surface area contributed by atoms with Crippen molar-refractivity contribution in [3.63, 3.8) is 0 Å². The minimum atomic E-state index is -4.45. The van der Waals surface area contributed by atoms with E-state index in [1.165, 1.54) is 6.07 Å². The number of allylic oxidation sites excluding steroid dienone is 1. The van der Waals surface area contributed by atoms with Crippen LogP contribution in [0.3, 0.4) is 0 Å². The molecular weight excluding hydrogens is 331 g/mol. The minimum Gasteiger partial charge on any atom is -0.399 e. The second-order valence-corrected chi connectivity index (χ2v) is 5.64. The third-order valence-corrected chi connectivity index (χ3v) is 3.54. The molecule has 0 radical (unpaired) electrons. The van der Waals surface area contributed by atoms with Crippen LogP contribution in [-0.2, 0) is 6.18 Å². The van der Waals surface area contributed by atoms with E-state index < -0.39 is 17.8 Å². The number of hydrogen-bond donors (Lipinski definition) is 3. The van der Waals surface area contributed by atoms with Gasteiger partial charge < -0.3 is 21.7 Å². The van der Waals surface area contributed by atoms with E-state index in [1.807, 2.05) is 13.0 Å². The first-order chi connectivity index (χ1) is 11.5. The first kappa shape index (κ1) is 20.6. The number of nitrogens with two attached hydrogens (primary N) is 2. The molecule has 1 aromatic carbocycles. The van der Waals surface area contributed by atoms with Gasteiger partial charge in [0.1, 0.15) is 5.82 Å². The van der Waals surface area contributed by atoms with Crippen molar-refractivity contribution >= 4 is 12.0 Å². The highest BCUT2D eigenvalue weighted by molar-refractivity contribution is 5.58. The largest absolute Gasteiger partial charge is 0.416 e. The average Bonchev–Trinajstić information content (AvgIpc) is 2.51. The van der Waals surface area contributed by atoms with Crippen molar-refractivity contribution in [2.75, 3.05) is 19.3 Å². The summed E-state index contributed by atoms with van der Waals surface area (Å²) < 4.78 is 38.7. The molecule has 0 bridgehead atoms. The Labute approximate surface area is 145 Å². The zero-order valence-corrected chi connectivity index (χ0v) is 14.6. The van der Waals surface area contributed by atoms with Crippen molar-refractivity contribution in [3.05, 3.63) is 53.5 Å². The highest BCUT2D eigenvalue weighted by Gasteiger charge is 2.31. The highest BCUT2D eigenvalue weighted by Crippen LogP contribution is 2.32. The van der Waals surface area contributed by atoms with Crippen LogP contribution >= 0.6 is 0 Å². The summed E-state index contributed by atoms with van der Waals surface area (Å²) in [4.78, 5) is 5.90. The molecular formula is C17H24F3N5. The van der Waals surface area contributed by atoms with Gasteiger partial charge in [-0.2, -0.15) is 13.2 Å². The summed E-state index contributed by atoms with van der Waals surface area (Å²) in [5.74, 6) is 0.316. The van der Waals surface area contributed by atoms with Crippen LogP contribution in [0.15, 0.2) is 47.4 Å². The fourth-order valence-corrected chi connectivity index (χ4v) is 2.02. The maximum atomic E-state index is 12.9. The standard InChI is InChI=1S/C17H24F3N5/c1-11(5-6-21)25(4)10-23-13(3)24-12(2)14-7-15(17(18,19)20)9-16(22)8-14/h5,7-10,12,24H,3,6,21-22H2,1-2,4H3/b11-5+,23-10?/t12-/m1/s1. The van der Waals surface area contributed by atoms with Crippen molar-refractivity contribution in [2.45, 2.75) is 26.1 Å². The Morgan fingerprint density at radius 2 is 2.04 bits per heavy atom. The highest BCUT2D eigenvalue weighted by atomic mass is 19.4. The third kappa shape index (κ3) is 6.50. The monoisotopic (exact) mass is 355 g/mol. The van der Waals surface area contributed by atoms with Gasteiger partial charge >= 0.3 is 6.18 Å². The molecule has 5 N–H and O–H groups in total. The Kier molecular flexibility index (Phi) is 7.05. The number of halogens is 3. The number of rotatable bonds is 7. The van der Waals surface area contributed by atoms with Gasteiger partial charge in [0.2, 0.25) is 0 Å². The van der Waals surface area contributed by atoms with Crippen molar-refractivity contribution in [3.8, 4) is 0 Å². The van der Waals surface area contributed by atoms with Crippen LogP contribution in [0.25, 0.3) is 0 Å². The maximum absolute atomic E-state index is 12.9. The second kappa shape index (κ2) is 8.57. The molecule has 0 amide bonds. The van der Waals surface area contributed by atoms with Crippen molar-refractivity contribution in [1.29, 1.82) is 0 Å². The molecule has 1 rings (SSSR count). The van der Waals surface area contributed by atoms with Crippen LogP contribution in [0, 0.1) is 0 Å². The van der Waals surface area contributed by atoms with Crippen LogP contribution in [0.2, 0.25) is 0 Å². The zero-order valence-electron chi connectivity index (χ0n) is 14.6. The van der Waals surface area contributed by atoms with Gasteiger partial charge in [0.15, 0.2) is 0 Å². The molecule has 8 heteroatoms. The Balaban J connectivity index is 2.82. The summed E-state index contributed by atoms with van der Waals surface area (Å²) in [7, 11) is 1.80. The van der Waals surface area contributed by atoms with Gasteiger partial charge in [-0.25, -0.2) is 4.99 Å². The number of hydrogen-bond acceptors (Lipinski definition) is 4. The number of nitrogen functional groups attached to an aromatic ring is 1. The van der Waals surface area contributed by atoms with E-state index in [4.69, 9.17) is 11.5 Å². The first-order valence-electron chi connectivity index (χ1n) is 7.61. The van der Waals surface area contributed by atoms with Crippen molar-refractivity contribution in [2.24, 2.45) is 10.7 Å². The Bertz CT molecular complexity index is 665. The smallest absolute Gasteiger partial charge is 0.399 e. The van der Waals surface area contributed by atoms with Crippen molar-refractivity contribution in [1.82, 2.24) is 10.2 Å². The predicted octanol–water partition coefficient (Wildman–Crippen LogP) is 3.23. The molecule has 0 aromatic heterocycles. The summed E-state index contributed by atoms with van der Waals surface area (Å²) in [5.41, 5.74) is 11.6. The van der Waals surface area contributed by atoms with Gasteiger partial charge in [0, 0.05) is 25.0 Å².